The van der Waals surface area contributed by atoms with Gasteiger partial charge in [-0.3, -0.25) is 9.10 Å². The summed E-state index contributed by atoms with van der Waals surface area (Å²) in [4.78, 5) is 17.2. The van der Waals surface area contributed by atoms with Crippen molar-refractivity contribution >= 4 is 27.3 Å². The van der Waals surface area contributed by atoms with Crippen LogP contribution >= 0.6 is 0 Å². The molecule has 0 radical (unpaired) electrons. The number of anilines is 2. The molecule has 1 heterocycles. The highest BCUT2D eigenvalue weighted by atomic mass is 32.2. The lowest BCUT2D eigenvalue weighted by molar-refractivity contribution is 0.102. The monoisotopic (exact) mass is 462 g/mol. The molecule has 8 nitrogen and oxygen atoms in total. The molecular formula is C24H22N4O4S. The Kier molecular flexibility index (Phi) is 5.97. The number of nitrogens with one attached hydrogen (secondary N) is 1. The average Bonchev–Trinajstić information content (AvgIpc) is 3.25. The second kappa shape index (κ2) is 8.87. The van der Waals surface area contributed by atoms with E-state index in [1.165, 1.54) is 23.5 Å². The summed E-state index contributed by atoms with van der Waals surface area (Å²) in [5.74, 6) is 0.291. The average molecular weight is 463 g/mol. The lowest BCUT2D eigenvalue weighted by Gasteiger charge is -2.20. The number of carbonyl (C=O) groups is 1. The zero-order chi connectivity index (χ0) is 23.6. The Balaban J connectivity index is 1.61. The van der Waals surface area contributed by atoms with E-state index in [0.717, 1.165) is 5.56 Å². The Labute approximate surface area is 191 Å². The number of sulfonamides is 1. The Bertz CT molecular complexity index is 1410. The molecule has 33 heavy (non-hydrogen) atoms. The molecule has 0 spiro atoms. The van der Waals surface area contributed by atoms with Gasteiger partial charge in [-0.05, 0) is 49.4 Å². The van der Waals surface area contributed by atoms with Crippen molar-refractivity contribution in [2.24, 2.45) is 0 Å². The van der Waals surface area contributed by atoms with E-state index in [0.29, 0.717) is 28.7 Å². The minimum atomic E-state index is -3.86. The van der Waals surface area contributed by atoms with E-state index >= 15 is 0 Å². The fourth-order valence-electron chi connectivity index (χ4n) is 3.24. The van der Waals surface area contributed by atoms with Gasteiger partial charge in [0.25, 0.3) is 15.9 Å². The number of para-hydroxylation sites is 1. The van der Waals surface area contributed by atoms with Crippen LogP contribution < -0.4 is 9.62 Å². The van der Waals surface area contributed by atoms with Crippen LogP contribution in [0.5, 0.6) is 0 Å². The lowest BCUT2D eigenvalue weighted by Crippen LogP contribution is -2.26. The molecule has 1 N–H and O–H groups in total. The molecule has 9 heteroatoms. The number of aryl methyl sites for hydroxylation is 2. The van der Waals surface area contributed by atoms with Crippen molar-refractivity contribution in [2.75, 3.05) is 16.7 Å². The van der Waals surface area contributed by atoms with Crippen molar-refractivity contribution in [1.82, 2.24) is 10.1 Å². The molecule has 1 aromatic heterocycles. The van der Waals surface area contributed by atoms with Crippen LogP contribution in [0.25, 0.3) is 11.4 Å². The van der Waals surface area contributed by atoms with Gasteiger partial charge in [0.2, 0.25) is 11.7 Å². The Morgan fingerprint density at radius 2 is 1.70 bits per heavy atom. The van der Waals surface area contributed by atoms with Gasteiger partial charge in [-0.2, -0.15) is 4.98 Å². The van der Waals surface area contributed by atoms with Gasteiger partial charge in [0.05, 0.1) is 16.3 Å². The molecule has 0 aliphatic carbocycles. The van der Waals surface area contributed by atoms with Crippen molar-refractivity contribution in [3.8, 4) is 11.4 Å². The zero-order valence-electron chi connectivity index (χ0n) is 18.3. The largest absolute Gasteiger partial charge is 0.339 e. The first-order valence-electron chi connectivity index (χ1n) is 10.1. The van der Waals surface area contributed by atoms with Crippen molar-refractivity contribution in [1.29, 1.82) is 0 Å². The number of hydrogen-bond donors (Lipinski definition) is 1. The van der Waals surface area contributed by atoms with Gasteiger partial charge in [-0.25, -0.2) is 8.42 Å². The highest BCUT2D eigenvalue weighted by Crippen LogP contribution is 2.27. The second-order valence-corrected chi connectivity index (χ2v) is 9.44. The third kappa shape index (κ3) is 4.63. The maximum absolute atomic E-state index is 13.2. The molecule has 0 bridgehead atoms. The Morgan fingerprint density at radius 1 is 0.970 bits per heavy atom. The van der Waals surface area contributed by atoms with Gasteiger partial charge < -0.3 is 9.84 Å². The summed E-state index contributed by atoms with van der Waals surface area (Å²) in [5, 5.41) is 6.72. The highest BCUT2D eigenvalue weighted by Gasteiger charge is 2.23. The normalized spacial score (nSPS) is 11.2. The van der Waals surface area contributed by atoms with E-state index in [4.69, 9.17) is 4.52 Å². The van der Waals surface area contributed by atoms with Gasteiger partial charge in [0.1, 0.15) is 0 Å². The van der Waals surface area contributed by atoms with Gasteiger partial charge in [-0.1, -0.05) is 41.1 Å². The van der Waals surface area contributed by atoms with Crippen LogP contribution in [0.4, 0.5) is 11.4 Å². The maximum atomic E-state index is 13.2. The SMILES string of the molecule is Cc1ccc(N(C)S(=O)(=O)c2cccc(C(=O)Nc3ccccc3-c3noc(C)n3)c2)cc1. The molecule has 0 aliphatic rings. The topological polar surface area (TPSA) is 105 Å². The summed E-state index contributed by atoms with van der Waals surface area (Å²) in [6, 6.07) is 20.1. The number of amides is 1. The van der Waals surface area contributed by atoms with Crippen molar-refractivity contribution < 1.29 is 17.7 Å². The summed E-state index contributed by atoms with van der Waals surface area (Å²) in [6.07, 6.45) is 0. The summed E-state index contributed by atoms with van der Waals surface area (Å²) < 4.78 is 32.5. The number of rotatable bonds is 6. The second-order valence-electron chi connectivity index (χ2n) is 7.47. The van der Waals surface area contributed by atoms with Crippen molar-refractivity contribution in [3.63, 3.8) is 0 Å². The molecule has 4 aromatic rings. The molecular weight excluding hydrogens is 440 g/mol. The van der Waals surface area contributed by atoms with E-state index in [1.807, 2.05) is 19.1 Å². The maximum Gasteiger partial charge on any atom is 0.264 e. The number of carbonyl (C=O) groups excluding carboxylic acids is 1. The Hall–Kier alpha value is -3.98. The third-order valence-corrected chi connectivity index (χ3v) is 6.88. The van der Waals surface area contributed by atoms with Crippen LogP contribution in [0.1, 0.15) is 21.8 Å². The summed E-state index contributed by atoms with van der Waals surface area (Å²) in [6.45, 7) is 3.61. The third-order valence-electron chi connectivity index (χ3n) is 5.10. The predicted molar refractivity (Wildman–Crippen MR) is 126 cm³/mol. The van der Waals surface area contributed by atoms with E-state index < -0.39 is 15.9 Å². The number of aromatic nitrogens is 2. The number of benzene rings is 3. The van der Waals surface area contributed by atoms with Crippen LogP contribution in [0.3, 0.4) is 0 Å². The van der Waals surface area contributed by atoms with Gasteiger partial charge in [0, 0.05) is 25.1 Å². The predicted octanol–water partition coefficient (Wildman–Crippen LogP) is 4.43. The molecule has 4 rings (SSSR count). The first-order chi connectivity index (χ1) is 15.8. The Morgan fingerprint density at radius 3 is 2.39 bits per heavy atom. The van der Waals surface area contributed by atoms with Crippen LogP contribution in [-0.4, -0.2) is 31.5 Å². The molecule has 0 aliphatic heterocycles. The highest BCUT2D eigenvalue weighted by molar-refractivity contribution is 7.92. The van der Waals surface area contributed by atoms with Crippen molar-refractivity contribution in [3.05, 3.63) is 89.8 Å². The molecule has 0 fully saturated rings. The fraction of sp³-hybridized carbons (Fsp3) is 0.125. The molecule has 1 amide bonds. The van der Waals surface area contributed by atoms with E-state index in [-0.39, 0.29) is 10.5 Å². The van der Waals surface area contributed by atoms with Crippen LogP contribution in [0.15, 0.2) is 82.2 Å². The van der Waals surface area contributed by atoms with Gasteiger partial charge in [0.15, 0.2) is 0 Å². The smallest absolute Gasteiger partial charge is 0.264 e. The van der Waals surface area contributed by atoms with Crippen LogP contribution in [-0.2, 0) is 10.0 Å². The summed E-state index contributed by atoms with van der Waals surface area (Å²) in [5.41, 5.74) is 2.82. The van der Waals surface area contributed by atoms with E-state index in [9.17, 15) is 13.2 Å². The zero-order valence-corrected chi connectivity index (χ0v) is 19.1. The van der Waals surface area contributed by atoms with Crippen LogP contribution in [0.2, 0.25) is 0 Å². The standard InChI is InChI=1S/C24H22N4O4S/c1-16-11-13-19(14-12-16)28(3)33(30,31)20-8-6-7-18(15-20)24(29)26-22-10-5-4-9-21(22)23-25-17(2)32-27-23/h4-15H,1-3H3,(H,26,29). The van der Waals surface area contributed by atoms with E-state index in [1.54, 1.807) is 55.5 Å². The molecule has 0 saturated heterocycles. The molecule has 0 atom stereocenters. The molecule has 0 saturated carbocycles. The summed E-state index contributed by atoms with van der Waals surface area (Å²) in [7, 11) is -2.38. The van der Waals surface area contributed by atoms with Crippen LogP contribution in [0, 0.1) is 13.8 Å². The molecule has 0 unspecified atom stereocenters. The quantitative estimate of drug-likeness (QED) is 0.454. The van der Waals surface area contributed by atoms with E-state index in [2.05, 4.69) is 15.5 Å². The number of hydrogen-bond acceptors (Lipinski definition) is 6. The van der Waals surface area contributed by atoms with Crippen molar-refractivity contribution in [2.45, 2.75) is 18.7 Å². The first-order valence-corrected chi connectivity index (χ1v) is 11.6. The molecule has 168 valence electrons. The molecule has 3 aromatic carbocycles. The summed E-state index contributed by atoms with van der Waals surface area (Å²) >= 11 is 0. The minimum Gasteiger partial charge on any atom is -0.339 e. The number of nitrogens with zero attached hydrogens (tertiary/aromatic N) is 3. The lowest BCUT2D eigenvalue weighted by atomic mass is 10.1. The van der Waals surface area contributed by atoms with Gasteiger partial charge >= 0.3 is 0 Å². The first kappa shape index (κ1) is 22.2. The van der Waals surface area contributed by atoms with Gasteiger partial charge in [-0.15, -0.1) is 0 Å². The fourth-order valence-corrected chi connectivity index (χ4v) is 4.48. The minimum absolute atomic E-state index is 0.0142.